The van der Waals surface area contributed by atoms with Crippen LogP contribution in [0.25, 0.3) is 17.5 Å². The zero-order chi connectivity index (χ0) is 13.1. The van der Waals surface area contributed by atoms with Gasteiger partial charge in [-0.05, 0) is 31.0 Å². The molecule has 0 aliphatic carbocycles. The molecule has 2 aromatic rings. The van der Waals surface area contributed by atoms with E-state index in [-0.39, 0.29) is 0 Å². The molecule has 0 fully saturated rings. The number of aromatic nitrogens is 3. The first-order valence-corrected chi connectivity index (χ1v) is 5.62. The highest BCUT2D eigenvalue weighted by atomic mass is 16.5. The van der Waals surface area contributed by atoms with Crippen molar-refractivity contribution < 1.29 is 4.74 Å². The third kappa shape index (κ3) is 2.22. The molecule has 2 rings (SSSR count). The molecule has 0 aliphatic heterocycles. The van der Waals surface area contributed by atoms with Crippen molar-refractivity contribution in [3.05, 3.63) is 41.9 Å². The lowest BCUT2D eigenvalue weighted by Crippen LogP contribution is -1.97. The number of ether oxygens (including phenoxy) is 1. The van der Waals surface area contributed by atoms with Crippen LogP contribution in [0.2, 0.25) is 0 Å². The van der Waals surface area contributed by atoms with E-state index in [0.717, 1.165) is 22.5 Å². The van der Waals surface area contributed by atoms with Crippen LogP contribution in [0.15, 0.2) is 25.0 Å². The molecule has 0 N–H and O–H groups in total. The molecule has 0 aromatic carbocycles. The fraction of sp³-hybridized carbons (Fsp3) is 0.214. The van der Waals surface area contributed by atoms with E-state index in [2.05, 4.69) is 21.5 Å². The average Bonchev–Trinajstić information content (AvgIpc) is 2.41. The maximum Gasteiger partial charge on any atom is 0.232 e. The molecule has 4 nitrogen and oxygen atoms in total. The number of aryl methyl sites for hydroxylation is 1. The van der Waals surface area contributed by atoms with Gasteiger partial charge in [0.2, 0.25) is 5.88 Å². The van der Waals surface area contributed by atoms with Gasteiger partial charge in [0.15, 0.2) is 0 Å². The summed E-state index contributed by atoms with van der Waals surface area (Å²) in [5, 5.41) is 0. The van der Waals surface area contributed by atoms with Crippen LogP contribution in [0.4, 0.5) is 0 Å². The maximum atomic E-state index is 5.07. The summed E-state index contributed by atoms with van der Waals surface area (Å²) in [7, 11) is 1.57. The fourth-order valence-corrected chi connectivity index (χ4v) is 1.67. The Bertz CT molecular complexity index is 594. The fourth-order valence-electron chi connectivity index (χ4n) is 1.67. The molecule has 0 unspecified atom stereocenters. The lowest BCUT2D eigenvalue weighted by atomic mass is 10.1. The summed E-state index contributed by atoms with van der Waals surface area (Å²) in [6, 6.07) is 1.96. The van der Waals surface area contributed by atoms with Crippen molar-refractivity contribution in [2.75, 3.05) is 7.11 Å². The van der Waals surface area contributed by atoms with Gasteiger partial charge in [0.05, 0.1) is 25.2 Å². The monoisotopic (exact) mass is 241 g/mol. The summed E-state index contributed by atoms with van der Waals surface area (Å²) in [5.41, 5.74) is 4.62. The first-order chi connectivity index (χ1) is 8.65. The summed E-state index contributed by atoms with van der Waals surface area (Å²) in [5.74, 6) is 0.479. The number of hydrogen-bond donors (Lipinski definition) is 0. The topological polar surface area (TPSA) is 47.9 Å². The first-order valence-electron chi connectivity index (χ1n) is 5.62. The Balaban J connectivity index is 2.56. The Kier molecular flexibility index (Phi) is 3.37. The van der Waals surface area contributed by atoms with E-state index in [1.807, 2.05) is 26.0 Å². The molecule has 0 atom stereocenters. The van der Waals surface area contributed by atoms with Crippen LogP contribution < -0.4 is 4.74 Å². The van der Waals surface area contributed by atoms with Crippen LogP contribution >= 0.6 is 0 Å². The molecule has 0 spiro atoms. The first kappa shape index (κ1) is 12.2. The lowest BCUT2D eigenvalue weighted by Gasteiger charge is -2.08. The van der Waals surface area contributed by atoms with E-state index in [9.17, 15) is 0 Å². The quantitative estimate of drug-likeness (QED) is 0.829. The molecule has 92 valence electrons. The minimum Gasteiger partial charge on any atom is -0.480 e. The molecule has 4 heteroatoms. The number of rotatable bonds is 3. The summed E-state index contributed by atoms with van der Waals surface area (Å²) in [4.78, 5) is 12.9. The summed E-state index contributed by atoms with van der Waals surface area (Å²) in [6.07, 6.45) is 5.06. The minimum absolute atomic E-state index is 0.479. The van der Waals surface area contributed by atoms with Gasteiger partial charge in [-0.15, -0.1) is 0 Å². The predicted octanol–water partition coefficient (Wildman–Crippen LogP) is 2.81. The Morgan fingerprint density at radius 2 is 1.94 bits per heavy atom. The molecule has 0 aliphatic rings. The van der Waals surface area contributed by atoms with Crippen LogP contribution in [0.1, 0.15) is 16.8 Å². The van der Waals surface area contributed by atoms with Gasteiger partial charge < -0.3 is 4.74 Å². The van der Waals surface area contributed by atoms with Crippen LogP contribution in [-0.2, 0) is 0 Å². The van der Waals surface area contributed by atoms with Gasteiger partial charge >= 0.3 is 0 Å². The minimum atomic E-state index is 0.479. The number of hydrogen-bond acceptors (Lipinski definition) is 4. The van der Waals surface area contributed by atoms with Crippen molar-refractivity contribution in [1.29, 1.82) is 0 Å². The van der Waals surface area contributed by atoms with E-state index in [4.69, 9.17) is 4.74 Å². The number of methoxy groups -OCH3 is 1. The largest absolute Gasteiger partial charge is 0.480 e. The zero-order valence-corrected chi connectivity index (χ0v) is 10.8. The van der Waals surface area contributed by atoms with Gasteiger partial charge in [-0.25, -0.2) is 4.98 Å². The molecular formula is C14H15N3O. The van der Waals surface area contributed by atoms with Crippen LogP contribution in [-0.4, -0.2) is 22.1 Å². The predicted molar refractivity (Wildman–Crippen MR) is 71.4 cm³/mol. The third-order valence-electron chi connectivity index (χ3n) is 2.86. The molecule has 0 radical (unpaired) electrons. The van der Waals surface area contributed by atoms with Gasteiger partial charge in [0.1, 0.15) is 5.69 Å². The molecular weight excluding hydrogens is 226 g/mol. The van der Waals surface area contributed by atoms with Gasteiger partial charge in [-0.3, -0.25) is 9.97 Å². The van der Waals surface area contributed by atoms with E-state index < -0.39 is 0 Å². The highest BCUT2D eigenvalue weighted by Gasteiger charge is 2.08. The average molecular weight is 241 g/mol. The molecule has 0 saturated heterocycles. The summed E-state index contributed by atoms with van der Waals surface area (Å²) < 4.78 is 5.07. The zero-order valence-electron chi connectivity index (χ0n) is 10.8. The smallest absolute Gasteiger partial charge is 0.232 e. The van der Waals surface area contributed by atoms with Crippen LogP contribution in [0.3, 0.4) is 0 Å². The van der Waals surface area contributed by atoms with Gasteiger partial charge in [0, 0.05) is 5.69 Å². The van der Waals surface area contributed by atoms with Crippen LogP contribution in [0.5, 0.6) is 5.88 Å². The Morgan fingerprint density at radius 3 is 2.61 bits per heavy atom. The van der Waals surface area contributed by atoms with Crippen molar-refractivity contribution in [2.45, 2.75) is 13.8 Å². The van der Waals surface area contributed by atoms with E-state index >= 15 is 0 Å². The molecule has 2 aromatic heterocycles. The molecule has 0 saturated carbocycles. The summed E-state index contributed by atoms with van der Waals surface area (Å²) in [6.45, 7) is 7.81. The Labute approximate surface area is 106 Å². The number of nitrogens with zero attached hydrogens (tertiary/aromatic N) is 3. The highest BCUT2D eigenvalue weighted by molar-refractivity contribution is 5.62. The van der Waals surface area contributed by atoms with E-state index in [1.54, 1.807) is 19.5 Å². The van der Waals surface area contributed by atoms with E-state index in [1.165, 1.54) is 0 Å². The van der Waals surface area contributed by atoms with Crippen molar-refractivity contribution in [2.24, 2.45) is 0 Å². The maximum absolute atomic E-state index is 5.07. The summed E-state index contributed by atoms with van der Waals surface area (Å²) >= 11 is 0. The van der Waals surface area contributed by atoms with Gasteiger partial charge in [-0.2, -0.15) is 0 Å². The second-order valence-corrected chi connectivity index (χ2v) is 3.96. The second kappa shape index (κ2) is 4.96. The second-order valence-electron chi connectivity index (χ2n) is 3.96. The van der Waals surface area contributed by atoms with Crippen molar-refractivity contribution in [3.63, 3.8) is 0 Å². The highest BCUT2D eigenvalue weighted by Crippen LogP contribution is 2.22. The van der Waals surface area contributed by atoms with Gasteiger partial charge in [0.25, 0.3) is 0 Å². The lowest BCUT2D eigenvalue weighted by molar-refractivity contribution is 0.396. The SMILES string of the molecule is C=Cc1cc(-c2cncc(OC)n2)nc(C)c1C. The van der Waals surface area contributed by atoms with Crippen LogP contribution in [0, 0.1) is 13.8 Å². The molecule has 2 heterocycles. The Hall–Kier alpha value is -2.23. The number of pyridine rings is 1. The van der Waals surface area contributed by atoms with Gasteiger partial charge in [-0.1, -0.05) is 12.7 Å². The van der Waals surface area contributed by atoms with E-state index in [0.29, 0.717) is 11.6 Å². The van der Waals surface area contributed by atoms with Crippen molar-refractivity contribution in [1.82, 2.24) is 15.0 Å². The molecule has 0 bridgehead atoms. The standard InChI is InChI=1S/C14H15N3O/c1-5-11-6-12(16-10(3)9(11)2)13-7-15-8-14(17-13)18-4/h5-8H,1H2,2-4H3. The van der Waals surface area contributed by atoms with Crippen molar-refractivity contribution in [3.8, 4) is 17.3 Å². The Morgan fingerprint density at radius 1 is 1.17 bits per heavy atom. The molecule has 0 amide bonds. The molecule has 18 heavy (non-hydrogen) atoms. The normalized spacial score (nSPS) is 10.2. The van der Waals surface area contributed by atoms with Crippen molar-refractivity contribution >= 4 is 6.08 Å². The third-order valence-corrected chi connectivity index (χ3v) is 2.86.